The summed E-state index contributed by atoms with van der Waals surface area (Å²) < 4.78 is 0. The van der Waals surface area contributed by atoms with E-state index in [9.17, 15) is 14.4 Å². The summed E-state index contributed by atoms with van der Waals surface area (Å²) in [6, 6.07) is 0. The van der Waals surface area contributed by atoms with Gasteiger partial charge in [0.15, 0.2) is 0 Å². The van der Waals surface area contributed by atoms with Gasteiger partial charge in [-0.3, -0.25) is 19.7 Å². The Morgan fingerprint density at radius 3 is 2.85 bits per heavy atom. The zero-order valence-corrected chi connectivity index (χ0v) is 10.2. The highest BCUT2D eigenvalue weighted by molar-refractivity contribution is 6.39. The first-order valence-corrected chi connectivity index (χ1v) is 5.93. The smallest absolute Gasteiger partial charge is 0.292 e. The quantitative estimate of drug-likeness (QED) is 0.608. The molecule has 8 heteroatoms. The molecule has 0 unspecified atom stereocenters. The Balaban J connectivity index is 1.78. The second kappa shape index (κ2) is 4.38. The van der Waals surface area contributed by atoms with E-state index >= 15 is 0 Å². The minimum atomic E-state index is -1.04. The van der Waals surface area contributed by atoms with Gasteiger partial charge in [-0.1, -0.05) is 0 Å². The number of rotatable bonds is 2. The van der Waals surface area contributed by atoms with E-state index in [2.05, 4.69) is 37.6 Å². The van der Waals surface area contributed by atoms with E-state index in [0.29, 0.717) is 12.8 Å². The molecule has 0 aromatic heterocycles. The fraction of sp³-hybridized carbons (Fsp3) is 0.333. The molecule has 2 bridgehead atoms. The summed E-state index contributed by atoms with van der Waals surface area (Å²) in [5, 5.41) is 11.9. The molecule has 1 saturated carbocycles. The van der Waals surface area contributed by atoms with E-state index in [4.69, 9.17) is 0 Å². The van der Waals surface area contributed by atoms with Crippen molar-refractivity contribution in [3.8, 4) is 0 Å². The van der Waals surface area contributed by atoms with Crippen LogP contribution in [0.2, 0.25) is 0 Å². The maximum absolute atomic E-state index is 12.0. The zero-order valence-electron chi connectivity index (χ0n) is 10.2. The minimum Gasteiger partial charge on any atom is -0.335 e. The van der Waals surface area contributed by atoms with Crippen molar-refractivity contribution in [2.45, 2.75) is 18.4 Å². The Bertz CT molecular complexity index is 671. The van der Waals surface area contributed by atoms with E-state index < -0.39 is 17.4 Å². The largest absolute Gasteiger partial charge is 0.335 e. The van der Waals surface area contributed by atoms with Crippen molar-refractivity contribution in [3.05, 3.63) is 12.2 Å². The van der Waals surface area contributed by atoms with Crippen LogP contribution >= 0.6 is 0 Å². The number of amidine groups is 1. The molecule has 0 spiro atoms. The molecule has 0 radical (unpaired) electrons. The van der Waals surface area contributed by atoms with Crippen molar-refractivity contribution in [2.24, 2.45) is 21.1 Å². The topological polar surface area (TPSA) is 112 Å². The van der Waals surface area contributed by atoms with E-state index in [0.717, 1.165) is 0 Å². The zero-order chi connectivity index (χ0) is 14.2. The van der Waals surface area contributed by atoms with Gasteiger partial charge in [0, 0.05) is 23.9 Å². The Labute approximate surface area is 113 Å². The number of hydrogen-bond donors (Lipinski definition) is 2. The molecule has 3 fully saturated rings. The SMILES string of the molecule is O=C(NC12CC(C1)C(=O)NC2=O)/C1=N/N=C=CC=C=N1. The van der Waals surface area contributed by atoms with Crippen molar-refractivity contribution in [2.75, 3.05) is 0 Å². The monoisotopic (exact) mass is 271 g/mol. The van der Waals surface area contributed by atoms with Crippen LogP contribution < -0.4 is 10.6 Å². The molecule has 0 aromatic rings. The van der Waals surface area contributed by atoms with Gasteiger partial charge < -0.3 is 5.32 Å². The van der Waals surface area contributed by atoms with Crippen LogP contribution in [0, 0.1) is 5.92 Å². The predicted octanol–water partition coefficient (Wildman–Crippen LogP) is -1.31. The number of imide groups is 1. The lowest BCUT2D eigenvalue weighted by molar-refractivity contribution is -0.154. The number of piperidine rings is 2. The Hall–Kier alpha value is -2.82. The second-order valence-electron chi connectivity index (χ2n) is 4.69. The average Bonchev–Trinajstić information content (AvgIpc) is 2.30. The van der Waals surface area contributed by atoms with Gasteiger partial charge in [-0.25, -0.2) is 0 Å². The van der Waals surface area contributed by atoms with Crippen LogP contribution in [0.15, 0.2) is 27.3 Å². The number of carbonyl (C=O) groups is 3. The van der Waals surface area contributed by atoms with Gasteiger partial charge in [-0.15, -0.1) is 10.2 Å². The fourth-order valence-electron chi connectivity index (χ4n) is 2.32. The van der Waals surface area contributed by atoms with Gasteiger partial charge in [0.2, 0.25) is 11.7 Å². The number of amides is 3. The molecule has 1 aliphatic carbocycles. The van der Waals surface area contributed by atoms with Crippen molar-refractivity contribution in [1.29, 1.82) is 0 Å². The third-order valence-electron chi connectivity index (χ3n) is 3.39. The maximum Gasteiger partial charge on any atom is 0.292 e. The summed E-state index contributed by atoms with van der Waals surface area (Å²) in [7, 11) is 0. The molecule has 20 heavy (non-hydrogen) atoms. The van der Waals surface area contributed by atoms with Crippen LogP contribution in [-0.2, 0) is 14.4 Å². The highest BCUT2D eigenvalue weighted by atomic mass is 16.2. The highest BCUT2D eigenvalue weighted by Gasteiger charge is 2.58. The van der Waals surface area contributed by atoms with Crippen LogP contribution in [0.3, 0.4) is 0 Å². The van der Waals surface area contributed by atoms with Gasteiger partial charge in [-0.05, 0) is 18.7 Å². The number of nitrogens with one attached hydrogen (secondary N) is 2. The predicted molar refractivity (Wildman–Crippen MR) is 68.2 cm³/mol. The van der Waals surface area contributed by atoms with Crippen LogP contribution in [0.1, 0.15) is 12.8 Å². The van der Waals surface area contributed by atoms with Crippen LogP contribution in [0.5, 0.6) is 0 Å². The van der Waals surface area contributed by atoms with Gasteiger partial charge in [0.1, 0.15) is 5.54 Å². The van der Waals surface area contributed by atoms with E-state index in [1.807, 2.05) is 0 Å². The highest BCUT2D eigenvalue weighted by Crippen LogP contribution is 2.41. The van der Waals surface area contributed by atoms with Crippen LogP contribution in [0.4, 0.5) is 0 Å². The van der Waals surface area contributed by atoms with Gasteiger partial charge in [0.05, 0.1) is 0 Å². The average molecular weight is 271 g/mol. The first kappa shape index (κ1) is 12.2. The lowest BCUT2D eigenvalue weighted by atomic mass is 9.64. The molecule has 100 valence electrons. The molecule has 2 N–H and O–H groups in total. The summed E-state index contributed by atoms with van der Waals surface area (Å²) in [5.74, 6) is 3.05. The molecule has 2 saturated heterocycles. The summed E-state index contributed by atoms with van der Waals surface area (Å²) in [6.45, 7) is 0. The van der Waals surface area contributed by atoms with Crippen molar-refractivity contribution >= 4 is 35.3 Å². The third kappa shape index (κ3) is 1.89. The molecule has 4 aliphatic rings. The first-order valence-electron chi connectivity index (χ1n) is 5.93. The molecule has 0 aromatic carbocycles. The standard InChI is InChI=1S/C12H9N5O3/c18-9-7-5-12(6-7,11(20)15-9)16-10(19)8-13-3-1-2-4-14-17-8/h1-2,7H,5-6H2,(H,16,19)(H,15,18,20)/b17-8-. The number of hydrogen-bond acceptors (Lipinski definition) is 6. The van der Waals surface area contributed by atoms with Crippen LogP contribution in [0.25, 0.3) is 0 Å². The molecule has 3 aliphatic heterocycles. The lowest BCUT2D eigenvalue weighted by Crippen LogP contribution is -2.73. The van der Waals surface area contributed by atoms with Crippen molar-refractivity contribution in [3.63, 3.8) is 0 Å². The summed E-state index contributed by atoms with van der Waals surface area (Å²) >= 11 is 0. The van der Waals surface area contributed by atoms with Crippen molar-refractivity contribution < 1.29 is 14.4 Å². The van der Waals surface area contributed by atoms with Crippen LogP contribution in [-0.4, -0.2) is 40.8 Å². The van der Waals surface area contributed by atoms with E-state index in [1.54, 1.807) is 0 Å². The van der Waals surface area contributed by atoms with Gasteiger partial charge in [0.25, 0.3) is 11.8 Å². The summed E-state index contributed by atoms with van der Waals surface area (Å²) in [4.78, 5) is 38.9. The first-order chi connectivity index (χ1) is 9.61. The Kier molecular flexibility index (Phi) is 2.68. The minimum absolute atomic E-state index is 0.218. The number of fused-ring (bicyclic) bond motifs is 2. The number of aliphatic imine (C=N–C) groups is 1. The third-order valence-corrected chi connectivity index (χ3v) is 3.39. The van der Waals surface area contributed by atoms with Gasteiger partial charge >= 0.3 is 0 Å². The molecule has 3 amide bonds. The molecule has 4 rings (SSSR count). The number of carbonyl (C=O) groups excluding carboxylic acids is 3. The lowest BCUT2D eigenvalue weighted by Gasteiger charge is -2.49. The van der Waals surface area contributed by atoms with Crippen molar-refractivity contribution in [1.82, 2.24) is 10.6 Å². The molecule has 0 atom stereocenters. The molecular formula is C12H9N5O3. The Morgan fingerprint density at radius 2 is 2.10 bits per heavy atom. The molecule has 3 heterocycles. The number of nitrogens with zero attached hydrogens (tertiary/aromatic N) is 3. The number of allylic oxidation sites excluding steroid dienone is 2. The second-order valence-corrected chi connectivity index (χ2v) is 4.69. The summed E-state index contributed by atoms with van der Waals surface area (Å²) in [6.07, 6.45) is 3.48. The molecule has 8 nitrogen and oxygen atoms in total. The fourth-order valence-corrected chi connectivity index (χ4v) is 2.32. The van der Waals surface area contributed by atoms with Gasteiger partial charge in [-0.2, -0.15) is 4.99 Å². The summed E-state index contributed by atoms with van der Waals surface area (Å²) in [5.41, 5.74) is -1.04. The van der Waals surface area contributed by atoms with E-state index in [1.165, 1.54) is 12.2 Å². The maximum atomic E-state index is 12.0. The van der Waals surface area contributed by atoms with E-state index in [-0.39, 0.29) is 17.7 Å². The molecular weight excluding hydrogens is 262 g/mol. The normalized spacial score (nSPS) is 32.6. The Morgan fingerprint density at radius 1 is 1.35 bits per heavy atom.